The molecule has 20 nitrogen and oxygen atoms in total. The first-order valence-electron chi connectivity index (χ1n) is 10.5. The van der Waals surface area contributed by atoms with Gasteiger partial charge in [-0.05, 0) is 6.42 Å². The maximum absolute atomic E-state index is 10.4. The van der Waals surface area contributed by atoms with Crippen LogP contribution in [0.4, 0.5) is 25.2 Å². The molecule has 0 aromatic rings. The number of nitrogens with zero attached hydrogens (tertiary/aromatic N) is 2. The summed E-state index contributed by atoms with van der Waals surface area (Å²) < 4.78 is 114. The summed E-state index contributed by atoms with van der Waals surface area (Å²) in [5.41, 5.74) is 0. The molecular weight excluding hydrogens is 760 g/mol. The van der Waals surface area contributed by atoms with Gasteiger partial charge in [0.15, 0.2) is 0 Å². The van der Waals surface area contributed by atoms with Crippen LogP contribution in [0.5, 0.6) is 0 Å². The fourth-order valence-electron chi connectivity index (χ4n) is 1.83. The van der Waals surface area contributed by atoms with Gasteiger partial charge in [-0.3, -0.25) is 58.7 Å². The van der Waals surface area contributed by atoms with Crippen molar-refractivity contribution in [3.05, 3.63) is 12.4 Å². The Bertz CT molecular complexity index is 804. The van der Waals surface area contributed by atoms with Gasteiger partial charge in [0.25, 0.3) is 0 Å². The van der Waals surface area contributed by atoms with Crippen LogP contribution in [0.15, 0.2) is 12.4 Å². The van der Waals surface area contributed by atoms with Crippen LogP contribution >= 0.6 is 47.4 Å². The molecule has 0 spiro atoms. The Morgan fingerprint density at radius 3 is 0.932 bits per heavy atom. The van der Waals surface area contributed by atoms with Crippen molar-refractivity contribution in [3.63, 3.8) is 0 Å². The highest BCUT2D eigenvalue weighted by Crippen LogP contribution is 2.37. The van der Waals surface area contributed by atoms with E-state index in [9.17, 15) is 25.2 Å². The highest BCUT2D eigenvalue weighted by atomic mass is 31.2. The Hall–Kier alpha value is -0.180. The zero-order valence-electron chi connectivity index (χ0n) is 22.5. The molecule has 0 fully saturated rings. The van der Waals surface area contributed by atoms with Crippen molar-refractivity contribution >= 4 is 47.4 Å². The van der Waals surface area contributed by atoms with Crippen LogP contribution in [-0.4, -0.2) is 88.8 Å². The molecule has 0 aromatic carbocycles. The molecule has 0 aromatic heterocycles. The summed E-state index contributed by atoms with van der Waals surface area (Å²) in [4.78, 5) is 88.2. The summed E-state index contributed by atoms with van der Waals surface area (Å²) in [7, 11) is -28.7. The minimum atomic E-state index is -5.14. The van der Waals surface area contributed by atoms with Crippen molar-refractivity contribution in [2.75, 3.05) is 20.3 Å². The van der Waals surface area contributed by atoms with Crippen molar-refractivity contribution in [1.82, 2.24) is 9.80 Å². The van der Waals surface area contributed by atoms with Gasteiger partial charge < -0.3 is 9.80 Å². The summed E-state index contributed by atoms with van der Waals surface area (Å²) in [5.74, 6) is 0. The summed E-state index contributed by atoms with van der Waals surface area (Å²) in [6.45, 7) is 4.58. The molecule has 0 radical (unpaired) electrons. The lowest BCUT2D eigenvalue weighted by Gasteiger charge is -2.17. The molecule has 12 N–H and O–H groups in total. The monoisotopic (exact) mass is 796 g/mol. The fourth-order valence-corrected chi connectivity index (χ4v) is 1.83. The molecular formula is C12H36F6N2O18P6. The van der Waals surface area contributed by atoms with Gasteiger partial charge in [-0.2, -0.15) is 0 Å². The Morgan fingerprint density at radius 2 is 0.727 bits per heavy atom. The van der Waals surface area contributed by atoms with E-state index >= 15 is 0 Å². The topological polar surface area (TPSA) is 352 Å². The van der Waals surface area contributed by atoms with E-state index in [-0.39, 0.29) is 0 Å². The maximum atomic E-state index is 10.4. The molecule has 0 saturated heterocycles. The number of hydrogen-bond donors (Lipinski definition) is 12. The van der Waals surface area contributed by atoms with Crippen molar-refractivity contribution in [2.24, 2.45) is 0 Å². The quantitative estimate of drug-likeness (QED) is 0.0998. The predicted molar refractivity (Wildman–Crippen MR) is 141 cm³/mol. The first kappa shape index (κ1) is 56.2. The third-order valence-electron chi connectivity index (χ3n) is 2.74. The zero-order valence-corrected chi connectivity index (χ0v) is 27.8. The Morgan fingerprint density at radius 1 is 0.500 bits per heavy atom. The van der Waals surface area contributed by atoms with Crippen LogP contribution < -0.4 is 0 Å². The third-order valence-corrected chi connectivity index (χ3v) is 2.74. The van der Waals surface area contributed by atoms with Crippen LogP contribution in [0.2, 0.25) is 0 Å². The van der Waals surface area contributed by atoms with E-state index in [1.807, 2.05) is 0 Å². The fraction of sp³-hybridized carbons (Fsp3) is 0.833. The first-order chi connectivity index (χ1) is 18.8. The average molecular weight is 796 g/mol. The molecule has 32 heteroatoms. The van der Waals surface area contributed by atoms with Crippen molar-refractivity contribution < 1.29 is 111 Å². The van der Waals surface area contributed by atoms with E-state index in [2.05, 4.69) is 36.2 Å². The smallest absolute Gasteiger partial charge is 0.362 e. The second kappa shape index (κ2) is 27.9. The molecule has 0 bridgehead atoms. The van der Waals surface area contributed by atoms with Gasteiger partial charge in [-0.15, -0.1) is 25.2 Å². The highest BCUT2D eigenvalue weighted by molar-refractivity contribution is 7.46. The Labute approximate surface area is 247 Å². The molecule has 0 unspecified atom stereocenters. The molecule has 0 atom stereocenters. The van der Waals surface area contributed by atoms with Crippen LogP contribution in [0.3, 0.4) is 0 Å². The molecule has 0 amide bonds. The highest BCUT2D eigenvalue weighted by Gasteiger charge is 2.08. The van der Waals surface area contributed by atoms with E-state index in [4.69, 9.17) is 86.1 Å². The summed E-state index contributed by atoms with van der Waals surface area (Å²) in [6.07, 6.45) is 12.7. The standard InChI is InChI=1S/C12H24N2.6FH2O3P/c1-3-4-5-6-7-8-9-14-11-10-13(2)12-14;6*1-5(2,3)4/h10-11H,3-9,12H2,1-2H3;6*(H2,2,3,4). The van der Waals surface area contributed by atoms with Crippen molar-refractivity contribution in [1.29, 1.82) is 0 Å². The summed E-state index contributed by atoms with van der Waals surface area (Å²) >= 11 is 0. The SMILES string of the molecule is CCCCCCCCN1C=CN(C)C1.O=P(O)(O)F.O=P(O)(O)F.O=P(O)(O)F.O=P(O)(O)F.O=P(O)(O)F.O=P(O)(O)F. The zero-order chi connectivity index (χ0) is 37.2. The first-order valence-corrected chi connectivity index (χ1v) is 19.5. The summed E-state index contributed by atoms with van der Waals surface area (Å²) in [5, 5.41) is 0. The lowest BCUT2D eigenvalue weighted by atomic mass is 10.1. The predicted octanol–water partition coefficient (Wildman–Crippen LogP) is 3.31. The van der Waals surface area contributed by atoms with E-state index < -0.39 is 47.4 Å². The average Bonchev–Trinajstić information content (AvgIpc) is 3.01. The van der Waals surface area contributed by atoms with Gasteiger partial charge in [0, 0.05) is 26.0 Å². The number of unbranched alkanes of at least 4 members (excludes halogenated alkanes) is 5. The van der Waals surface area contributed by atoms with Crippen LogP contribution in [0.1, 0.15) is 45.4 Å². The van der Waals surface area contributed by atoms with E-state index in [1.165, 1.54) is 45.1 Å². The second-order valence-corrected chi connectivity index (χ2v) is 12.8. The van der Waals surface area contributed by atoms with Crippen LogP contribution in [0.25, 0.3) is 0 Å². The molecule has 1 aliphatic rings. The lowest BCUT2D eigenvalue weighted by molar-refractivity contribution is 0.290. The van der Waals surface area contributed by atoms with Crippen LogP contribution in [0, 0.1) is 0 Å². The minimum absolute atomic E-state index is 1.08. The van der Waals surface area contributed by atoms with E-state index in [1.54, 1.807) is 0 Å². The lowest BCUT2D eigenvalue weighted by Crippen LogP contribution is -2.23. The van der Waals surface area contributed by atoms with Gasteiger partial charge in [-0.1, -0.05) is 39.0 Å². The molecule has 274 valence electrons. The molecule has 1 aliphatic heterocycles. The van der Waals surface area contributed by atoms with E-state index in [0.29, 0.717) is 0 Å². The third kappa shape index (κ3) is 246. The Kier molecular flexibility index (Phi) is 35.6. The number of hydrogen-bond acceptors (Lipinski definition) is 8. The summed E-state index contributed by atoms with van der Waals surface area (Å²) in [6, 6.07) is 0. The normalized spacial score (nSPS) is 13.0. The van der Waals surface area contributed by atoms with Gasteiger partial charge in [0.1, 0.15) is 0 Å². The molecule has 1 rings (SSSR count). The van der Waals surface area contributed by atoms with Crippen molar-refractivity contribution in [3.8, 4) is 0 Å². The van der Waals surface area contributed by atoms with Gasteiger partial charge in [-0.25, -0.2) is 27.4 Å². The molecule has 1 heterocycles. The van der Waals surface area contributed by atoms with Crippen molar-refractivity contribution in [2.45, 2.75) is 45.4 Å². The van der Waals surface area contributed by atoms with Crippen LogP contribution in [-0.2, 0) is 27.4 Å². The van der Waals surface area contributed by atoms with Gasteiger partial charge in [0.2, 0.25) is 0 Å². The van der Waals surface area contributed by atoms with E-state index in [0.717, 1.165) is 6.67 Å². The number of rotatable bonds is 7. The Balaban J connectivity index is -0.000000103. The molecule has 0 aliphatic carbocycles. The van der Waals surface area contributed by atoms with Gasteiger partial charge in [0.05, 0.1) is 6.67 Å². The number of halogens is 6. The molecule has 0 saturated carbocycles. The molecule has 44 heavy (non-hydrogen) atoms. The minimum Gasteiger partial charge on any atom is -0.362 e. The van der Waals surface area contributed by atoms with Gasteiger partial charge >= 0.3 is 47.4 Å². The second-order valence-electron chi connectivity index (χ2n) is 7.11. The maximum Gasteiger partial charge on any atom is 0.507 e. The largest absolute Gasteiger partial charge is 0.507 e.